The predicted octanol–water partition coefficient (Wildman–Crippen LogP) is 4.42. The van der Waals surface area contributed by atoms with Gasteiger partial charge >= 0.3 is 0 Å². The van der Waals surface area contributed by atoms with E-state index in [4.69, 9.17) is 23.2 Å². The quantitative estimate of drug-likeness (QED) is 0.716. The molecular formula is C12H9Cl2N. The van der Waals surface area contributed by atoms with Crippen LogP contribution in [0.15, 0.2) is 24.3 Å². The second-order valence-corrected chi connectivity index (χ2v) is 4.81. The lowest BCUT2D eigenvalue weighted by Gasteiger charge is -2.04. The highest BCUT2D eigenvalue weighted by molar-refractivity contribution is 6.36. The maximum Gasteiger partial charge on any atom is 0.0721 e. The Bertz CT molecular complexity index is 532. The Labute approximate surface area is 98.0 Å². The summed E-state index contributed by atoms with van der Waals surface area (Å²) in [6.07, 6.45) is 2.48. The van der Waals surface area contributed by atoms with Crippen LogP contribution in [0.1, 0.15) is 24.5 Å². The van der Waals surface area contributed by atoms with Crippen LogP contribution < -0.4 is 0 Å². The molecule has 0 bridgehead atoms. The summed E-state index contributed by atoms with van der Waals surface area (Å²) in [6.45, 7) is 0. The fraction of sp³-hybridized carbons (Fsp3) is 0.250. The first-order valence-corrected chi connectivity index (χ1v) is 5.75. The van der Waals surface area contributed by atoms with Crippen LogP contribution in [0.4, 0.5) is 0 Å². The van der Waals surface area contributed by atoms with Gasteiger partial charge in [0.15, 0.2) is 0 Å². The molecule has 15 heavy (non-hydrogen) atoms. The Morgan fingerprint density at radius 1 is 1.13 bits per heavy atom. The van der Waals surface area contributed by atoms with Gasteiger partial charge in [0.05, 0.1) is 10.5 Å². The van der Waals surface area contributed by atoms with E-state index in [0.29, 0.717) is 10.9 Å². The first-order valence-electron chi connectivity index (χ1n) is 5.00. The van der Waals surface area contributed by atoms with Crippen molar-refractivity contribution in [2.24, 2.45) is 0 Å². The second kappa shape index (κ2) is 3.36. The average Bonchev–Trinajstić information content (AvgIpc) is 3.02. The minimum atomic E-state index is 0.627. The van der Waals surface area contributed by atoms with Crippen LogP contribution in [0.25, 0.3) is 10.9 Å². The Hall–Kier alpha value is -0.790. The van der Waals surface area contributed by atoms with Gasteiger partial charge in [-0.3, -0.25) is 4.98 Å². The number of nitrogens with zero attached hydrogens (tertiary/aromatic N) is 1. The summed E-state index contributed by atoms with van der Waals surface area (Å²) >= 11 is 12.1. The van der Waals surface area contributed by atoms with E-state index in [2.05, 4.69) is 4.98 Å². The number of hydrogen-bond acceptors (Lipinski definition) is 1. The summed E-state index contributed by atoms with van der Waals surface area (Å²) in [4.78, 5) is 4.60. The van der Waals surface area contributed by atoms with Crippen molar-refractivity contribution in [3.8, 4) is 0 Å². The molecule has 0 unspecified atom stereocenters. The fourth-order valence-electron chi connectivity index (χ4n) is 1.76. The third kappa shape index (κ3) is 1.70. The monoisotopic (exact) mass is 237 g/mol. The van der Waals surface area contributed by atoms with Gasteiger partial charge in [0.25, 0.3) is 0 Å². The van der Waals surface area contributed by atoms with Crippen LogP contribution in [0.3, 0.4) is 0 Å². The molecule has 1 aliphatic carbocycles. The highest BCUT2D eigenvalue weighted by Crippen LogP contribution is 2.41. The number of fused-ring (bicyclic) bond motifs is 1. The van der Waals surface area contributed by atoms with E-state index < -0.39 is 0 Å². The fourth-order valence-corrected chi connectivity index (χ4v) is 2.20. The zero-order valence-corrected chi connectivity index (χ0v) is 9.52. The van der Waals surface area contributed by atoms with Gasteiger partial charge in [-0.1, -0.05) is 23.2 Å². The van der Waals surface area contributed by atoms with Crippen molar-refractivity contribution in [2.75, 3.05) is 0 Å². The van der Waals surface area contributed by atoms with Crippen LogP contribution >= 0.6 is 23.2 Å². The number of benzene rings is 1. The molecule has 0 aliphatic heterocycles. The lowest BCUT2D eigenvalue weighted by Crippen LogP contribution is -1.88. The van der Waals surface area contributed by atoms with Crippen molar-refractivity contribution in [1.82, 2.24) is 4.98 Å². The lowest BCUT2D eigenvalue weighted by atomic mass is 10.1. The van der Waals surface area contributed by atoms with E-state index in [-0.39, 0.29) is 0 Å². The normalized spacial score (nSPS) is 15.9. The van der Waals surface area contributed by atoms with E-state index in [1.54, 1.807) is 0 Å². The van der Waals surface area contributed by atoms with Crippen LogP contribution in [-0.2, 0) is 0 Å². The number of halogens is 2. The first-order chi connectivity index (χ1) is 7.24. The molecule has 2 aromatic rings. The van der Waals surface area contributed by atoms with Gasteiger partial charge < -0.3 is 0 Å². The van der Waals surface area contributed by atoms with Crippen LogP contribution in [0.5, 0.6) is 0 Å². The van der Waals surface area contributed by atoms with E-state index >= 15 is 0 Å². The molecule has 3 heteroatoms. The van der Waals surface area contributed by atoms with Crippen molar-refractivity contribution in [2.45, 2.75) is 18.8 Å². The summed E-state index contributed by atoms with van der Waals surface area (Å²) in [5, 5.41) is 2.39. The Morgan fingerprint density at radius 2 is 1.93 bits per heavy atom. The van der Waals surface area contributed by atoms with Crippen LogP contribution in [0.2, 0.25) is 10.0 Å². The van der Waals surface area contributed by atoms with Crippen molar-refractivity contribution in [3.05, 3.63) is 40.0 Å². The van der Waals surface area contributed by atoms with Crippen molar-refractivity contribution >= 4 is 34.1 Å². The topological polar surface area (TPSA) is 12.9 Å². The molecule has 1 saturated carbocycles. The maximum atomic E-state index is 6.21. The molecule has 0 amide bonds. The van der Waals surface area contributed by atoms with Gasteiger partial charge in [-0.15, -0.1) is 0 Å². The summed E-state index contributed by atoms with van der Waals surface area (Å²) in [6, 6.07) is 7.61. The molecule has 1 aromatic heterocycles. The number of pyridine rings is 1. The largest absolute Gasteiger partial charge is 0.252 e. The smallest absolute Gasteiger partial charge is 0.0721 e. The van der Waals surface area contributed by atoms with Crippen molar-refractivity contribution in [1.29, 1.82) is 0 Å². The second-order valence-electron chi connectivity index (χ2n) is 3.96. The number of rotatable bonds is 1. The van der Waals surface area contributed by atoms with Gasteiger partial charge in [-0.05, 0) is 37.1 Å². The Balaban J connectivity index is 2.26. The third-order valence-corrected chi connectivity index (χ3v) is 3.28. The number of hydrogen-bond donors (Lipinski definition) is 0. The maximum absolute atomic E-state index is 6.21. The predicted molar refractivity (Wildman–Crippen MR) is 63.7 cm³/mol. The van der Waals surface area contributed by atoms with Crippen molar-refractivity contribution < 1.29 is 0 Å². The van der Waals surface area contributed by atoms with Gasteiger partial charge in [0.1, 0.15) is 0 Å². The van der Waals surface area contributed by atoms with Gasteiger partial charge in [0, 0.05) is 22.0 Å². The summed E-state index contributed by atoms with van der Waals surface area (Å²) < 4.78 is 0. The molecule has 0 spiro atoms. The van der Waals surface area contributed by atoms with Crippen LogP contribution in [-0.4, -0.2) is 4.98 Å². The first kappa shape index (κ1) is 9.44. The molecule has 0 atom stereocenters. The average molecular weight is 238 g/mol. The SMILES string of the molecule is Clc1ccc2nc(C3CC3)cc(Cl)c2c1. The third-order valence-electron chi connectivity index (χ3n) is 2.74. The van der Waals surface area contributed by atoms with Gasteiger partial charge in [0.2, 0.25) is 0 Å². The molecule has 0 saturated heterocycles. The minimum Gasteiger partial charge on any atom is -0.252 e. The minimum absolute atomic E-state index is 0.627. The zero-order chi connectivity index (χ0) is 10.4. The molecule has 3 rings (SSSR count). The molecular weight excluding hydrogens is 229 g/mol. The number of aromatic nitrogens is 1. The molecule has 0 radical (unpaired) electrons. The zero-order valence-electron chi connectivity index (χ0n) is 8.00. The molecule has 1 aromatic carbocycles. The lowest BCUT2D eigenvalue weighted by molar-refractivity contribution is 1.04. The van der Waals surface area contributed by atoms with E-state index in [0.717, 1.165) is 21.6 Å². The Morgan fingerprint density at radius 3 is 2.67 bits per heavy atom. The van der Waals surface area contributed by atoms with Gasteiger partial charge in [-0.25, -0.2) is 0 Å². The highest BCUT2D eigenvalue weighted by atomic mass is 35.5. The summed E-state index contributed by atoms with van der Waals surface area (Å²) in [7, 11) is 0. The van der Waals surface area contributed by atoms with E-state index in [9.17, 15) is 0 Å². The van der Waals surface area contributed by atoms with Gasteiger partial charge in [-0.2, -0.15) is 0 Å². The molecule has 1 nitrogen and oxygen atoms in total. The molecule has 1 aliphatic rings. The van der Waals surface area contributed by atoms with Crippen molar-refractivity contribution in [3.63, 3.8) is 0 Å². The highest BCUT2D eigenvalue weighted by Gasteiger charge is 2.25. The van der Waals surface area contributed by atoms with Crippen LogP contribution in [0, 0.1) is 0 Å². The standard InChI is InChI=1S/C12H9Cl2N/c13-8-3-4-11-9(5-8)10(14)6-12(15-11)7-1-2-7/h3-7H,1-2H2. The molecule has 0 N–H and O–H groups in total. The molecule has 1 heterocycles. The Kier molecular flexibility index (Phi) is 2.11. The van der Waals surface area contributed by atoms with E-state index in [1.165, 1.54) is 12.8 Å². The molecule has 1 fully saturated rings. The summed E-state index contributed by atoms with van der Waals surface area (Å²) in [5.41, 5.74) is 2.06. The summed E-state index contributed by atoms with van der Waals surface area (Å²) in [5.74, 6) is 0.627. The molecule has 76 valence electrons. The van der Waals surface area contributed by atoms with E-state index in [1.807, 2.05) is 24.3 Å².